The summed E-state index contributed by atoms with van der Waals surface area (Å²) in [5.41, 5.74) is -0.221. The van der Waals surface area contributed by atoms with Gasteiger partial charge in [-0.15, -0.1) is 18.5 Å². The van der Waals surface area contributed by atoms with E-state index in [0.717, 1.165) is 0 Å². The molecule has 2 rings (SSSR count). The molecule has 18 heavy (non-hydrogen) atoms. The van der Waals surface area contributed by atoms with E-state index in [1.165, 1.54) is 6.92 Å². The van der Waals surface area contributed by atoms with Crippen LogP contribution in [-0.4, -0.2) is 15.7 Å². The molecule has 0 aliphatic heterocycles. The Labute approximate surface area is 110 Å². The van der Waals surface area contributed by atoms with Crippen LogP contribution in [0.1, 0.15) is 5.56 Å². The zero-order valence-electron chi connectivity index (χ0n) is 9.44. The zero-order chi connectivity index (χ0) is 13.8. The van der Waals surface area contributed by atoms with Gasteiger partial charge in [-0.25, -0.2) is 13.2 Å². The molecule has 2 aromatic rings. The van der Waals surface area contributed by atoms with E-state index in [1.54, 1.807) is 0 Å². The third-order valence-electron chi connectivity index (χ3n) is 2.96. The molecule has 0 aliphatic carbocycles. The van der Waals surface area contributed by atoms with Crippen molar-refractivity contribution >= 4 is 66.5 Å². The van der Waals surface area contributed by atoms with E-state index >= 15 is 0 Å². The Kier molecular flexibility index (Phi) is 3.51. The Bertz CT molecular complexity index is 573. The Balaban J connectivity index is 3.22. The second kappa shape index (κ2) is 4.54. The second-order valence-corrected chi connectivity index (χ2v) is 5.13. The topological polar surface area (TPSA) is 0 Å². The molecule has 0 N–H and O–H groups in total. The minimum Gasteiger partial charge on any atom is -0.206 e. The molecule has 0 heterocycles. The molecular formula is C11H7B2F3P2. The highest BCUT2D eigenvalue weighted by Crippen LogP contribution is 2.19. The summed E-state index contributed by atoms with van der Waals surface area (Å²) in [5.74, 6) is -2.86. The van der Waals surface area contributed by atoms with Gasteiger partial charge in [-0.3, -0.25) is 0 Å². The second-order valence-electron chi connectivity index (χ2n) is 3.97. The average molecular weight is 280 g/mol. The largest absolute Gasteiger partial charge is 0.206 e. The fraction of sp³-hybridized carbons (Fsp3) is 0.0909. The van der Waals surface area contributed by atoms with Crippen molar-refractivity contribution < 1.29 is 13.2 Å². The van der Waals surface area contributed by atoms with Gasteiger partial charge in [-0.2, -0.15) is 0 Å². The zero-order valence-corrected chi connectivity index (χ0v) is 11.8. The average Bonchev–Trinajstić information content (AvgIpc) is 2.35. The Morgan fingerprint density at radius 3 is 1.83 bits per heavy atom. The van der Waals surface area contributed by atoms with Crippen molar-refractivity contribution in [3.8, 4) is 0 Å². The molecule has 7 heteroatoms. The maximum Gasteiger partial charge on any atom is 0.165 e. The molecule has 2 atom stereocenters. The van der Waals surface area contributed by atoms with Gasteiger partial charge < -0.3 is 0 Å². The molecule has 0 fully saturated rings. The van der Waals surface area contributed by atoms with E-state index in [2.05, 4.69) is 9.24 Å². The number of hydrogen-bond donors (Lipinski definition) is 0. The maximum atomic E-state index is 13.9. The predicted octanol–water partition coefficient (Wildman–Crippen LogP) is 0.154. The quantitative estimate of drug-likeness (QED) is 0.476. The first-order valence-electron chi connectivity index (χ1n) is 4.97. The standard InChI is InChI=1S/C11H7B2F3P2/c1-2-5(12)3-4(10(17)7(2)14)11(18)9(16)8(15)6(3)13/h17-18H2,1H3. The molecule has 0 bridgehead atoms. The van der Waals surface area contributed by atoms with Gasteiger partial charge in [-0.05, 0) is 17.9 Å². The lowest BCUT2D eigenvalue weighted by molar-refractivity contribution is 0.522. The molecule has 0 saturated heterocycles. The first-order valence-corrected chi connectivity index (χ1v) is 6.13. The molecule has 0 saturated carbocycles. The maximum absolute atomic E-state index is 13.9. The van der Waals surface area contributed by atoms with Crippen LogP contribution in [0.15, 0.2) is 0 Å². The van der Waals surface area contributed by atoms with Crippen LogP contribution in [0, 0.1) is 24.4 Å². The van der Waals surface area contributed by atoms with Gasteiger partial charge in [0.1, 0.15) is 21.5 Å². The molecule has 0 amide bonds. The minimum absolute atomic E-state index is 0.0220. The molecule has 88 valence electrons. The van der Waals surface area contributed by atoms with E-state index in [-0.39, 0.29) is 32.4 Å². The number of hydrogen-bond acceptors (Lipinski definition) is 0. The lowest BCUT2D eigenvalue weighted by Gasteiger charge is -2.17. The molecule has 0 nitrogen and oxygen atoms in total. The van der Waals surface area contributed by atoms with Crippen molar-refractivity contribution in [3.63, 3.8) is 0 Å². The van der Waals surface area contributed by atoms with Crippen molar-refractivity contribution in [2.75, 3.05) is 0 Å². The first-order chi connectivity index (χ1) is 8.29. The predicted molar refractivity (Wildman–Crippen MR) is 78.0 cm³/mol. The summed E-state index contributed by atoms with van der Waals surface area (Å²) < 4.78 is 41.1. The van der Waals surface area contributed by atoms with E-state index in [4.69, 9.17) is 15.7 Å². The van der Waals surface area contributed by atoms with Crippen molar-refractivity contribution in [3.05, 3.63) is 23.0 Å². The summed E-state index contributed by atoms with van der Waals surface area (Å²) in [7, 11) is 15.5. The molecule has 0 aromatic heterocycles. The monoisotopic (exact) mass is 280 g/mol. The van der Waals surface area contributed by atoms with Crippen molar-refractivity contribution in [1.82, 2.24) is 0 Å². The van der Waals surface area contributed by atoms with Gasteiger partial charge in [-0.1, -0.05) is 10.9 Å². The summed E-state index contributed by atoms with van der Waals surface area (Å²) in [6.45, 7) is 1.46. The van der Waals surface area contributed by atoms with E-state index < -0.39 is 22.9 Å². The highest BCUT2D eigenvalue weighted by Gasteiger charge is 2.20. The van der Waals surface area contributed by atoms with Gasteiger partial charge in [0, 0.05) is 16.0 Å². The fourth-order valence-corrected chi connectivity index (χ4v) is 3.01. The van der Waals surface area contributed by atoms with E-state index in [0.29, 0.717) is 0 Å². The highest BCUT2D eigenvalue weighted by molar-refractivity contribution is 7.31. The smallest absolute Gasteiger partial charge is 0.165 e. The van der Waals surface area contributed by atoms with E-state index in [1.807, 2.05) is 9.24 Å². The number of halogens is 3. The number of benzene rings is 2. The van der Waals surface area contributed by atoms with Crippen LogP contribution in [0.2, 0.25) is 0 Å². The van der Waals surface area contributed by atoms with Gasteiger partial charge >= 0.3 is 0 Å². The summed E-state index contributed by atoms with van der Waals surface area (Å²) in [5, 5.41) is 0.337. The Hall–Kier alpha value is -0.520. The summed E-state index contributed by atoms with van der Waals surface area (Å²) in [4.78, 5) is 0. The van der Waals surface area contributed by atoms with Crippen LogP contribution in [0.25, 0.3) is 10.8 Å². The van der Waals surface area contributed by atoms with E-state index in [9.17, 15) is 13.2 Å². The van der Waals surface area contributed by atoms with Crippen LogP contribution in [0.5, 0.6) is 0 Å². The Morgan fingerprint density at radius 1 is 0.778 bits per heavy atom. The summed E-state index contributed by atoms with van der Waals surface area (Å²) in [6, 6.07) is 0. The first kappa shape index (κ1) is 13.9. The van der Waals surface area contributed by atoms with Gasteiger partial charge in [0.25, 0.3) is 0 Å². The van der Waals surface area contributed by atoms with Crippen molar-refractivity contribution in [2.24, 2.45) is 0 Å². The third kappa shape index (κ3) is 1.72. The number of rotatable bonds is 0. The molecule has 2 unspecified atom stereocenters. The molecular weight excluding hydrogens is 273 g/mol. The molecule has 2 aromatic carbocycles. The summed E-state index contributed by atoms with van der Waals surface area (Å²) in [6.07, 6.45) is 0. The molecule has 0 aliphatic rings. The Morgan fingerprint density at radius 2 is 1.28 bits per heavy atom. The molecule has 0 spiro atoms. The van der Waals surface area contributed by atoms with Gasteiger partial charge in [0.05, 0.1) is 0 Å². The lowest BCUT2D eigenvalue weighted by atomic mass is 9.78. The van der Waals surface area contributed by atoms with Gasteiger partial charge in [0.2, 0.25) is 0 Å². The third-order valence-corrected chi connectivity index (χ3v) is 4.05. The van der Waals surface area contributed by atoms with Crippen LogP contribution in [0.3, 0.4) is 0 Å². The van der Waals surface area contributed by atoms with Crippen molar-refractivity contribution in [1.29, 1.82) is 0 Å². The fourth-order valence-electron chi connectivity index (χ4n) is 1.90. The van der Waals surface area contributed by atoms with Crippen molar-refractivity contribution in [2.45, 2.75) is 6.92 Å². The highest BCUT2D eigenvalue weighted by atomic mass is 31.0. The summed E-state index contributed by atoms with van der Waals surface area (Å²) >= 11 is 0. The van der Waals surface area contributed by atoms with Crippen LogP contribution in [0.4, 0.5) is 13.2 Å². The number of fused-ring (bicyclic) bond motifs is 1. The van der Waals surface area contributed by atoms with Gasteiger partial charge in [0.15, 0.2) is 11.6 Å². The SMILES string of the molecule is [B]c1c(C)c(F)c(P)c2c(P)c(F)c(F)c([B])c12. The normalized spacial score (nSPS) is 11.2. The van der Waals surface area contributed by atoms with Crippen LogP contribution < -0.4 is 21.5 Å². The lowest BCUT2D eigenvalue weighted by Crippen LogP contribution is -2.30. The van der Waals surface area contributed by atoms with Crippen LogP contribution >= 0.6 is 18.5 Å². The van der Waals surface area contributed by atoms with Crippen LogP contribution in [-0.2, 0) is 0 Å². The molecule has 4 radical (unpaired) electrons. The minimum atomic E-state index is -1.17.